The number of fused-ring (bicyclic) bond motifs is 4. The molecule has 0 bridgehead atoms. The number of ether oxygens (including phenoxy) is 1. The molecule has 0 spiro atoms. The number of aryl methyl sites for hydroxylation is 1. The molecule has 2 aliphatic rings. The Morgan fingerprint density at radius 2 is 1.87 bits per heavy atom. The van der Waals surface area contributed by atoms with Crippen LogP contribution in [0.15, 0.2) is 40.8 Å². The summed E-state index contributed by atoms with van der Waals surface area (Å²) < 4.78 is 27.5. The SMILES string of the molecule is Cn1c2c(c3cc(F)ccc31)CN(c1ccc3oc(N4CCOCC4)nc3c1)CC2. The van der Waals surface area contributed by atoms with Crippen LogP contribution in [0, 0.1) is 5.82 Å². The summed E-state index contributed by atoms with van der Waals surface area (Å²) in [5.41, 5.74) is 6.37. The lowest BCUT2D eigenvalue weighted by molar-refractivity contribution is 0.120. The molecule has 154 valence electrons. The molecular weight excluding hydrogens is 383 g/mol. The van der Waals surface area contributed by atoms with Gasteiger partial charge in [-0.15, -0.1) is 0 Å². The fraction of sp³-hybridized carbons (Fsp3) is 0.348. The number of nitrogens with zero attached hydrogens (tertiary/aromatic N) is 4. The van der Waals surface area contributed by atoms with Gasteiger partial charge in [0, 0.05) is 67.5 Å². The third-order valence-electron chi connectivity index (χ3n) is 6.37. The van der Waals surface area contributed by atoms with Crippen molar-refractivity contribution in [2.45, 2.75) is 13.0 Å². The maximum absolute atomic E-state index is 13.9. The second-order valence-electron chi connectivity index (χ2n) is 8.07. The molecule has 0 aliphatic carbocycles. The van der Waals surface area contributed by atoms with Crippen molar-refractivity contribution in [2.75, 3.05) is 42.6 Å². The predicted octanol–water partition coefficient (Wildman–Crippen LogP) is 3.86. The van der Waals surface area contributed by atoms with Crippen LogP contribution < -0.4 is 9.80 Å². The second kappa shape index (κ2) is 6.74. The zero-order valence-corrected chi connectivity index (χ0v) is 16.9. The number of oxazole rings is 1. The number of morpholine rings is 1. The van der Waals surface area contributed by atoms with Gasteiger partial charge in [0.2, 0.25) is 0 Å². The molecule has 0 saturated carbocycles. The molecule has 1 fully saturated rings. The van der Waals surface area contributed by atoms with Crippen LogP contribution in [0.4, 0.5) is 16.1 Å². The Morgan fingerprint density at radius 1 is 1.00 bits per heavy atom. The van der Waals surface area contributed by atoms with E-state index in [1.807, 2.05) is 12.1 Å². The van der Waals surface area contributed by atoms with Crippen LogP contribution in [0.1, 0.15) is 11.3 Å². The van der Waals surface area contributed by atoms with Gasteiger partial charge >= 0.3 is 0 Å². The van der Waals surface area contributed by atoms with Gasteiger partial charge in [-0.05, 0) is 36.4 Å². The zero-order chi connectivity index (χ0) is 20.2. The molecule has 0 amide bonds. The molecule has 2 aliphatic heterocycles. The molecule has 0 unspecified atom stereocenters. The first-order chi connectivity index (χ1) is 14.7. The van der Waals surface area contributed by atoms with E-state index in [4.69, 9.17) is 14.1 Å². The normalized spacial score (nSPS) is 17.1. The number of aromatic nitrogens is 2. The fourth-order valence-corrected chi connectivity index (χ4v) is 4.76. The summed E-state index contributed by atoms with van der Waals surface area (Å²) in [4.78, 5) is 9.19. The highest BCUT2D eigenvalue weighted by Gasteiger charge is 2.24. The van der Waals surface area contributed by atoms with Crippen LogP contribution in [-0.4, -0.2) is 42.4 Å². The molecule has 2 aromatic heterocycles. The summed E-state index contributed by atoms with van der Waals surface area (Å²) in [6.45, 7) is 4.67. The molecule has 4 heterocycles. The number of benzene rings is 2. The van der Waals surface area contributed by atoms with E-state index >= 15 is 0 Å². The molecule has 0 atom stereocenters. The lowest BCUT2D eigenvalue weighted by atomic mass is 10.0. The largest absolute Gasteiger partial charge is 0.423 e. The molecular formula is C23H23FN4O2. The van der Waals surface area contributed by atoms with Gasteiger partial charge in [-0.25, -0.2) is 4.39 Å². The van der Waals surface area contributed by atoms with E-state index in [9.17, 15) is 4.39 Å². The molecule has 2 aromatic carbocycles. The van der Waals surface area contributed by atoms with Crippen LogP contribution in [0.5, 0.6) is 0 Å². The van der Waals surface area contributed by atoms with Crippen LogP contribution in [0.2, 0.25) is 0 Å². The van der Waals surface area contributed by atoms with Crippen molar-refractivity contribution in [1.82, 2.24) is 9.55 Å². The fourth-order valence-electron chi connectivity index (χ4n) is 4.76. The molecule has 6 rings (SSSR count). The van der Waals surface area contributed by atoms with E-state index in [2.05, 4.69) is 33.5 Å². The third-order valence-corrected chi connectivity index (χ3v) is 6.37. The Bertz CT molecular complexity index is 1260. The maximum Gasteiger partial charge on any atom is 0.298 e. The van der Waals surface area contributed by atoms with Crippen molar-refractivity contribution in [1.29, 1.82) is 0 Å². The molecule has 6 nitrogen and oxygen atoms in total. The van der Waals surface area contributed by atoms with Crippen molar-refractivity contribution in [2.24, 2.45) is 7.05 Å². The zero-order valence-electron chi connectivity index (χ0n) is 16.9. The Kier molecular flexibility index (Phi) is 3.99. The number of hydrogen-bond donors (Lipinski definition) is 0. The first kappa shape index (κ1) is 17.8. The standard InChI is InChI=1S/C23H23FN4O2/c1-26-20-4-2-15(24)12-17(20)18-14-28(7-6-21(18)26)16-3-5-22-19(13-16)25-23(30-22)27-8-10-29-11-9-27/h2-5,12-13H,6-11,14H2,1H3. The van der Waals surface area contributed by atoms with E-state index < -0.39 is 0 Å². The minimum atomic E-state index is -0.187. The van der Waals surface area contributed by atoms with Gasteiger partial charge in [0.25, 0.3) is 6.01 Å². The van der Waals surface area contributed by atoms with E-state index in [-0.39, 0.29) is 5.82 Å². The summed E-state index contributed by atoms with van der Waals surface area (Å²) in [7, 11) is 2.07. The summed E-state index contributed by atoms with van der Waals surface area (Å²) in [6, 6.07) is 11.9. The van der Waals surface area contributed by atoms with E-state index in [0.717, 1.165) is 60.3 Å². The average Bonchev–Trinajstić information content (AvgIpc) is 3.33. The van der Waals surface area contributed by atoms with Crippen molar-refractivity contribution in [3.05, 3.63) is 53.5 Å². The summed E-state index contributed by atoms with van der Waals surface area (Å²) in [6.07, 6.45) is 0.929. The van der Waals surface area contributed by atoms with Crippen LogP contribution in [0.25, 0.3) is 22.0 Å². The number of rotatable bonds is 2. The Hall–Kier alpha value is -3.06. The Labute approximate surface area is 173 Å². The van der Waals surface area contributed by atoms with E-state index in [0.29, 0.717) is 19.2 Å². The van der Waals surface area contributed by atoms with Crippen LogP contribution in [0.3, 0.4) is 0 Å². The minimum absolute atomic E-state index is 0.187. The number of halogens is 1. The second-order valence-corrected chi connectivity index (χ2v) is 8.07. The predicted molar refractivity (Wildman–Crippen MR) is 115 cm³/mol. The lowest BCUT2D eigenvalue weighted by Gasteiger charge is -2.29. The number of anilines is 2. The highest BCUT2D eigenvalue weighted by molar-refractivity contribution is 5.87. The summed E-state index contributed by atoms with van der Waals surface area (Å²) >= 11 is 0. The van der Waals surface area contributed by atoms with Gasteiger partial charge in [-0.3, -0.25) is 0 Å². The van der Waals surface area contributed by atoms with Gasteiger partial charge in [-0.2, -0.15) is 4.98 Å². The summed E-state index contributed by atoms with van der Waals surface area (Å²) in [5, 5.41) is 1.01. The monoisotopic (exact) mass is 406 g/mol. The van der Waals surface area contributed by atoms with Gasteiger partial charge in [0.1, 0.15) is 11.3 Å². The quantitative estimate of drug-likeness (QED) is 0.506. The van der Waals surface area contributed by atoms with Gasteiger partial charge in [0.15, 0.2) is 5.58 Å². The Morgan fingerprint density at radius 3 is 2.73 bits per heavy atom. The molecule has 0 radical (unpaired) electrons. The average molecular weight is 406 g/mol. The van der Waals surface area contributed by atoms with Crippen molar-refractivity contribution >= 4 is 33.7 Å². The first-order valence-electron chi connectivity index (χ1n) is 10.4. The van der Waals surface area contributed by atoms with E-state index in [1.54, 1.807) is 6.07 Å². The summed E-state index contributed by atoms with van der Waals surface area (Å²) in [5.74, 6) is -0.187. The smallest absolute Gasteiger partial charge is 0.298 e. The van der Waals surface area contributed by atoms with Crippen LogP contribution in [-0.2, 0) is 24.8 Å². The van der Waals surface area contributed by atoms with Gasteiger partial charge < -0.3 is 23.5 Å². The lowest BCUT2D eigenvalue weighted by Crippen LogP contribution is -2.36. The Balaban J connectivity index is 1.34. The minimum Gasteiger partial charge on any atom is -0.423 e. The highest BCUT2D eigenvalue weighted by Crippen LogP contribution is 2.34. The van der Waals surface area contributed by atoms with E-state index in [1.165, 1.54) is 17.3 Å². The molecule has 0 N–H and O–H groups in total. The third kappa shape index (κ3) is 2.76. The molecule has 1 saturated heterocycles. The molecule has 30 heavy (non-hydrogen) atoms. The topological polar surface area (TPSA) is 46.7 Å². The number of hydrogen-bond acceptors (Lipinski definition) is 5. The van der Waals surface area contributed by atoms with Crippen molar-refractivity contribution in [3.8, 4) is 0 Å². The molecule has 7 heteroatoms. The van der Waals surface area contributed by atoms with Crippen LogP contribution >= 0.6 is 0 Å². The molecule has 4 aromatic rings. The van der Waals surface area contributed by atoms with Gasteiger partial charge in [-0.1, -0.05) is 0 Å². The maximum atomic E-state index is 13.9. The van der Waals surface area contributed by atoms with Crippen molar-refractivity contribution < 1.29 is 13.5 Å². The van der Waals surface area contributed by atoms with Gasteiger partial charge in [0.05, 0.1) is 13.2 Å². The highest BCUT2D eigenvalue weighted by atomic mass is 19.1. The first-order valence-corrected chi connectivity index (χ1v) is 10.4. The van der Waals surface area contributed by atoms with Crippen molar-refractivity contribution in [3.63, 3.8) is 0 Å².